The van der Waals surface area contributed by atoms with E-state index >= 15 is 0 Å². The lowest BCUT2D eigenvalue weighted by Gasteiger charge is -2.14. The Bertz CT molecular complexity index is 576. The first kappa shape index (κ1) is 11.8. The maximum atomic E-state index is 12.2. The highest BCUT2D eigenvalue weighted by atomic mass is 16.2. The molecule has 0 saturated heterocycles. The maximum Gasteiger partial charge on any atom is 0.293 e. The number of nitrogens with one attached hydrogen (secondary N) is 1. The average Bonchev–Trinajstić information content (AvgIpc) is 3.17. The quantitative estimate of drug-likeness (QED) is 0.897. The normalized spacial score (nSPS) is 14.4. The molecule has 6 nitrogen and oxygen atoms in total. The minimum Gasteiger partial charge on any atom is -0.335 e. The highest BCUT2D eigenvalue weighted by Gasteiger charge is 2.28. The molecule has 0 bridgehead atoms. The first-order valence-electron chi connectivity index (χ1n) is 6.30. The van der Waals surface area contributed by atoms with Gasteiger partial charge in [-0.15, -0.1) is 5.10 Å². The number of hydrogen-bond acceptors (Lipinski definition) is 4. The summed E-state index contributed by atoms with van der Waals surface area (Å²) in [5.41, 5.74) is 0.983. The smallest absolute Gasteiger partial charge is 0.293 e. The highest BCUT2D eigenvalue weighted by Crippen LogP contribution is 2.37. The van der Waals surface area contributed by atoms with E-state index in [1.165, 1.54) is 0 Å². The molecule has 1 N–H and O–H groups in total. The zero-order valence-electron chi connectivity index (χ0n) is 10.7. The zero-order valence-corrected chi connectivity index (χ0v) is 10.7. The average molecular weight is 257 g/mol. The van der Waals surface area contributed by atoms with Gasteiger partial charge in [-0.05, 0) is 24.5 Å². The number of amides is 1. The van der Waals surface area contributed by atoms with E-state index in [-0.39, 0.29) is 11.7 Å². The number of carbonyl (C=O) groups is 1. The summed E-state index contributed by atoms with van der Waals surface area (Å²) in [5, 5.41) is 6.84. The number of nitrogens with zero attached hydrogens (tertiary/aromatic N) is 4. The molecule has 0 spiro atoms. The number of pyridine rings is 1. The third kappa shape index (κ3) is 2.62. The number of aromatic nitrogens is 4. The van der Waals surface area contributed by atoms with Gasteiger partial charge >= 0.3 is 0 Å². The van der Waals surface area contributed by atoms with E-state index in [4.69, 9.17) is 0 Å². The van der Waals surface area contributed by atoms with Crippen molar-refractivity contribution in [2.45, 2.75) is 25.3 Å². The van der Waals surface area contributed by atoms with Crippen molar-refractivity contribution in [2.75, 3.05) is 7.05 Å². The second-order valence-corrected chi connectivity index (χ2v) is 4.84. The van der Waals surface area contributed by atoms with Crippen molar-refractivity contribution < 1.29 is 4.79 Å². The fraction of sp³-hybridized carbons (Fsp3) is 0.385. The van der Waals surface area contributed by atoms with Gasteiger partial charge in [0.25, 0.3) is 5.91 Å². The molecule has 1 amide bonds. The van der Waals surface area contributed by atoms with Gasteiger partial charge in [0.15, 0.2) is 0 Å². The Morgan fingerprint density at radius 2 is 2.37 bits per heavy atom. The van der Waals surface area contributed by atoms with Crippen LogP contribution in [0.4, 0.5) is 0 Å². The molecule has 0 radical (unpaired) electrons. The fourth-order valence-corrected chi connectivity index (χ4v) is 1.92. The molecule has 1 aliphatic carbocycles. The van der Waals surface area contributed by atoms with E-state index in [9.17, 15) is 4.79 Å². The summed E-state index contributed by atoms with van der Waals surface area (Å²) in [6.07, 6.45) is 5.72. The Balaban J connectivity index is 1.68. The number of rotatable bonds is 4. The number of H-pyrrole nitrogens is 1. The Hall–Kier alpha value is -2.24. The van der Waals surface area contributed by atoms with Crippen LogP contribution in [-0.4, -0.2) is 38.0 Å². The minimum absolute atomic E-state index is 0.174. The van der Waals surface area contributed by atoms with Crippen LogP contribution in [0.15, 0.2) is 24.5 Å². The van der Waals surface area contributed by atoms with Gasteiger partial charge in [0.1, 0.15) is 5.82 Å². The van der Waals surface area contributed by atoms with E-state index in [1.54, 1.807) is 24.3 Å². The van der Waals surface area contributed by atoms with Crippen molar-refractivity contribution in [2.24, 2.45) is 0 Å². The Morgan fingerprint density at radius 3 is 3.05 bits per heavy atom. The number of aromatic amines is 1. The summed E-state index contributed by atoms with van der Waals surface area (Å²) >= 11 is 0. The molecular weight excluding hydrogens is 242 g/mol. The van der Waals surface area contributed by atoms with Crippen molar-refractivity contribution in [1.29, 1.82) is 0 Å². The topological polar surface area (TPSA) is 74.8 Å². The van der Waals surface area contributed by atoms with Crippen LogP contribution in [0.2, 0.25) is 0 Å². The number of carbonyl (C=O) groups excluding carboxylic acids is 1. The highest BCUT2D eigenvalue weighted by molar-refractivity contribution is 5.90. The van der Waals surface area contributed by atoms with Crippen LogP contribution in [0.3, 0.4) is 0 Å². The summed E-state index contributed by atoms with van der Waals surface area (Å²) in [5.74, 6) is 1.37. The largest absolute Gasteiger partial charge is 0.335 e. The van der Waals surface area contributed by atoms with Crippen LogP contribution in [0.5, 0.6) is 0 Å². The van der Waals surface area contributed by atoms with Crippen LogP contribution >= 0.6 is 0 Å². The van der Waals surface area contributed by atoms with Gasteiger partial charge < -0.3 is 4.90 Å². The summed E-state index contributed by atoms with van der Waals surface area (Å²) in [4.78, 5) is 22.1. The van der Waals surface area contributed by atoms with Crippen molar-refractivity contribution in [1.82, 2.24) is 25.1 Å². The monoisotopic (exact) mass is 257 g/mol. The van der Waals surface area contributed by atoms with Crippen LogP contribution in [0, 0.1) is 0 Å². The van der Waals surface area contributed by atoms with Gasteiger partial charge in [0, 0.05) is 31.9 Å². The van der Waals surface area contributed by atoms with Gasteiger partial charge in [-0.2, -0.15) is 0 Å². The predicted molar refractivity (Wildman–Crippen MR) is 68.4 cm³/mol. The van der Waals surface area contributed by atoms with E-state index in [2.05, 4.69) is 20.2 Å². The van der Waals surface area contributed by atoms with Crippen molar-refractivity contribution >= 4 is 5.91 Å². The van der Waals surface area contributed by atoms with E-state index in [0.717, 1.165) is 24.2 Å². The number of hydrogen-bond donors (Lipinski definition) is 1. The summed E-state index contributed by atoms with van der Waals surface area (Å²) in [7, 11) is 1.74. The maximum absolute atomic E-state index is 12.2. The lowest BCUT2D eigenvalue weighted by atomic mass is 10.2. The molecule has 0 unspecified atom stereocenters. The summed E-state index contributed by atoms with van der Waals surface area (Å²) in [6.45, 7) is 0.500. The van der Waals surface area contributed by atoms with Crippen LogP contribution in [0.1, 0.15) is 40.8 Å². The first-order valence-corrected chi connectivity index (χ1v) is 6.30. The molecule has 2 aromatic heterocycles. The molecule has 1 fully saturated rings. The Kier molecular flexibility index (Phi) is 2.98. The molecule has 6 heteroatoms. The van der Waals surface area contributed by atoms with Gasteiger partial charge in [-0.25, -0.2) is 4.98 Å². The lowest BCUT2D eigenvalue weighted by Crippen LogP contribution is -2.27. The third-order valence-electron chi connectivity index (χ3n) is 3.15. The molecule has 0 aromatic carbocycles. The molecule has 2 aromatic rings. The van der Waals surface area contributed by atoms with E-state index in [0.29, 0.717) is 12.5 Å². The second kappa shape index (κ2) is 4.79. The Morgan fingerprint density at radius 1 is 1.53 bits per heavy atom. The van der Waals surface area contributed by atoms with Gasteiger partial charge in [0.05, 0.1) is 0 Å². The Labute approximate surface area is 110 Å². The molecule has 1 saturated carbocycles. The van der Waals surface area contributed by atoms with Crippen molar-refractivity contribution in [3.8, 4) is 0 Å². The van der Waals surface area contributed by atoms with Gasteiger partial charge in [-0.3, -0.25) is 14.9 Å². The lowest BCUT2D eigenvalue weighted by molar-refractivity contribution is 0.0773. The van der Waals surface area contributed by atoms with Crippen LogP contribution in [-0.2, 0) is 6.54 Å². The second-order valence-electron chi connectivity index (χ2n) is 4.84. The molecule has 1 aliphatic rings. The minimum atomic E-state index is -0.174. The molecule has 19 heavy (non-hydrogen) atoms. The first-order chi connectivity index (χ1) is 9.24. The van der Waals surface area contributed by atoms with Gasteiger partial charge in [0.2, 0.25) is 5.82 Å². The van der Waals surface area contributed by atoms with E-state index in [1.807, 2.05) is 12.1 Å². The zero-order chi connectivity index (χ0) is 13.2. The fourth-order valence-electron chi connectivity index (χ4n) is 1.92. The van der Waals surface area contributed by atoms with Crippen LogP contribution < -0.4 is 0 Å². The molecule has 0 atom stereocenters. The molecule has 2 heterocycles. The standard InChI is InChI=1S/C13H15N5O/c1-18(8-9-3-2-6-14-7-9)13(19)12-15-11(16-17-12)10-4-5-10/h2-3,6-7,10H,4-5,8H2,1H3,(H,15,16,17). The van der Waals surface area contributed by atoms with Crippen molar-refractivity contribution in [3.05, 3.63) is 41.7 Å². The third-order valence-corrected chi connectivity index (χ3v) is 3.15. The van der Waals surface area contributed by atoms with E-state index < -0.39 is 0 Å². The van der Waals surface area contributed by atoms with Gasteiger partial charge in [-0.1, -0.05) is 6.07 Å². The molecular formula is C13H15N5O. The summed E-state index contributed by atoms with van der Waals surface area (Å²) in [6, 6.07) is 3.79. The molecule has 0 aliphatic heterocycles. The van der Waals surface area contributed by atoms with Crippen molar-refractivity contribution in [3.63, 3.8) is 0 Å². The molecule has 3 rings (SSSR count). The SMILES string of the molecule is CN(Cc1cccnc1)C(=O)c1n[nH]c(C2CC2)n1. The summed E-state index contributed by atoms with van der Waals surface area (Å²) < 4.78 is 0. The predicted octanol–water partition coefficient (Wildman–Crippen LogP) is 1.35. The van der Waals surface area contributed by atoms with Crippen LogP contribution in [0.25, 0.3) is 0 Å². The molecule has 98 valence electrons.